The van der Waals surface area contributed by atoms with Crippen LogP contribution in [-0.4, -0.2) is 18.9 Å². The van der Waals surface area contributed by atoms with Gasteiger partial charge >= 0.3 is 0 Å². The van der Waals surface area contributed by atoms with Gasteiger partial charge in [0.15, 0.2) is 0 Å². The predicted octanol–water partition coefficient (Wildman–Crippen LogP) is 4.35. The van der Waals surface area contributed by atoms with Crippen molar-refractivity contribution in [3.05, 3.63) is 54.1 Å². The Balaban J connectivity index is 1.74. The third kappa shape index (κ3) is 3.97. The van der Waals surface area contributed by atoms with Gasteiger partial charge in [0.05, 0.1) is 7.11 Å². The van der Waals surface area contributed by atoms with E-state index >= 15 is 0 Å². The van der Waals surface area contributed by atoms with Crippen LogP contribution in [0, 0.1) is 5.41 Å². The van der Waals surface area contributed by atoms with Gasteiger partial charge < -0.3 is 15.4 Å². The zero-order valence-corrected chi connectivity index (χ0v) is 16.3. The fourth-order valence-corrected chi connectivity index (χ4v) is 3.10. The van der Waals surface area contributed by atoms with E-state index in [1.165, 1.54) is 0 Å². The Morgan fingerprint density at radius 2 is 1.52 bits per heavy atom. The molecule has 2 N–H and O–H groups in total. The molecule has 0 aromatic heterocycles. The van der Waals surface area contributed by atoms with Crippen molar-refractivity contribution in [1.82, 2.24) is 0 Å². The van der Waals surface area contributed by atoms with Crippen molar-refractivity contribution in [3.63, 3.8) is 0 Å². The lowest BCUT2D eigenvalue weighted by Crippen LogP contribution is -2.36. The normalized spacial score (nSPS) is 15.0. The fraction of sp³-hybridized carbons (Fsp3) is 0.364. The molecule has 2 aromatic carbocycles. The van der Waals surface area contributed by atoms with Gasteiger partial charge in [-0.15, -0.1) is 0 Å². The molecular weight excluding hydrogens is 340 g/mol. The first-order chi connectivity index (χ1) is 12.8. The Morgan fingerprint density at radius 3 is 2.07 bits per heavy atom. The van der Waals surface area contributed by atoms with Crippen LogP contribution in [0.5, 0.6) is 5.75 Å². The Kier molecular flexibility index (Phi) is 4.96. The summed E-state index contributed by atoms with van der Waals surface area (Å²) < 4.78 is 5.12. The summed E-state index contributed by atoms with van der Waals surface area (Å²) in [4.78, 5) is 25.7. The highest BCUT2D eigenvalue weighted by Crippen LogP contribution is 2.48. The molecule has 0 spiro atoms. The zero-order valence-electron chi connectivity index (χ0n) is 16.3. The number of hydrogen-bond donors (Lipinski definition) is 2. The number of ether oxygens (including phenoxy) is 1. The summed E-state index contributed by atoms with van der Waals surface area (Å²) in [6.45, 7) is 6.30. The predicted molar refractivity (Wildman–Crippen MR) is 107 cm³/mol. The molecule has 3 rings (SSSR count). The van der Waals surface area contributed by atoms with E-state index in [0.717, 1.165) is 11.3 Å². The monoisotopic (exact) mass is 366 g/mol. The molecule has 0 radical (unpaired) electrons. The Morgan fingerprint density at radius 1 is 0.926 bits per heavy atom. The van der Waals surface area contributed by atoms with Gasteiger partial charge in [-0.2, -0.15) is 0 Å². The van der Waals surface area contributed by atoms with Crippen molar-refractivity contribution in [2.75, 3.05) is 17.7 Å². The molecular formula is C22H26N2O3. The average molecular weight is 366 g/mol. The van der Waals surface area contributed by atoms with Crippen molar-refractivity contribution >= 4 is 23.2 Å². The first-order valence-electron chi connectivity index (χ1n) is 9.13. The summed E-state index contributed by atoms with van der Waals surface area (Å²) >= 11 is 0. The third-order valence-corrected chi connectivity index (χ3v) is 4.95. The molecule has 2 aromatic rings. The smallest absolute Gasteiger partial charge is 0.240 e. The number of benzene rings is 2. The molecule has 0 heterocycles. The minimum atomic E-state index is -0.995. The number of nitrogens with one attached hydrogen (secondary N) is 2. The minimum absolute atomic E-state index is 0.105. The van der Waals surface area contributed by atoms with Crippen molar-refractivity contribution in [3.8, 4) is 5.75 Å². The second-order valence-electron chi connectivity index (χ2n) is 8.01. The minimum Gasteiger partial charge on any atom is -0.497 e. The van der Waals surface area contributed by atoms with Crippen molar-refractivity contribution in [2.45, 2.75) is 39.0 Å². The SMILES string of the molecule is COc1ccc(NC(=O)C2(C(=O)Nc3ccccc3C(C)(C)C)CC2)cc1. The molecule has 2 amide bonds. The first-order valence-corrected chi connectivity index (χ1v) is 9.13. The average Bonchev–Trinajstić information content (AvgIpc) is 3.44. The molecule has 0 unspecified atom stereocenters. The van der Waals surface area contributed by atoms with Crippen LogP contribution in [0.25, 0.3) is 0 Å². The highest BCUT2D eigenvalue weighted by atomic mass is 16.5. The standard InChI is InChI=1S/C22H26N2O3/c1-21(2,3)17-7-5-6-8-18(17)24-20(26)22(13-14-22)19(25)23-15-9-11-16(27-4)12-10-15/h5-12H,13-14H2,1-4H3,(H,23,25)(H,24,26). The molecule has 1 saturated carbocycles. The lowest BCUT2D eigenvalue weighted by atomic mass is 9.85. The van der Waals surface area contributed by atoms with Crippen molar-refractivity contribution < 1.29 is 14.3 Å². The number of carbonyl (C=O) groups is 2. The summed E-state index contributed by atoms with van der Waals surface area (Å²) in [6, 6.07) is 14.8. The highest BCUT2D eigenvalue weighted by Gasteiger charge is 2.56. The van der Waals surface area contributed by atoms with Gasteiger partial charge in [-0.05, 0) is 54.2 Å². The zero-order chi connectivity index (χ0) is 19.7. The summed E-state index contributed by atoms with van der Waals surface area (Å²) in [7, 11) is 1.59. The topological polar surface area (TPSA) is 67.4 Å². The lowest BCUT2D eigenvalue weighted by Gasteiger charge is -2.24. The maximum absolute atomic E-state index is 12.9. The van der Waals surface area contributed by atoms with E-state index in [1.54, 1.807) is 31.4 Å². The van der Waals surface area contributed by atoms with Crippen molar-refractivity contribution in [2.24, 2.45) is 5.41 Å². The quantitative estimate of drug-likeness (QED) is 0.773. The van der Waals surface area contributed by atoms with Gasteiger partial charge in [0.1, 0.15) is 11.2 Å². The van der Waals surface area contributed by atoms with Gasteiger partial charge in [0.25, 0.3) is 0 Å². The van der Waals surface area contributed by atoms with Gasteiger partial charge in [0.2, 0.25) is 11.8 Å². The van der Waals surface area contributed by atoms with E-state index < -0.39 is 5.41 Å². The maximum atomic E-state index is 12.9. The van der Waals surface area contributed by atoms with E-state index in [-0.39, 0.29) is 17.2 Å². The number of anilines is 2. The van der Waals surface area contributed by atoms with Crippen LogP contribution in [0.4, 0.5) is 11.4 Å². The molecule has 27 heavy (non-hydrogen) atoms. The second-order valence-corrected chi connectivity index (χ2v) is 8.01. The van der Waals surface area contributed by atoms with Gasteiger partial charge in [-0.3, -0.25) is 9.59 Å². The number of methoxy groups -OCH3 is 1. The molecule has 0 aliphatic heterocycles. The van der Waals surface area contributed by atoms with E-state index in [0.29, 0.717) is 24.3 Å². The number of hydrogen-bond acceptors (Lipinski definition) is 3. The summed E-state index contributed by atoms with van der Waals surface area (Å²) in [6.07, 6.45) is 1.11. The summed E-state index contributed by atoms with van der Waals surface area (Å²) in [5.74, 6) is 0.203. The molecule has 142 valence electrons. The highest BCUT2D eigenvalue weighted by molar-refractivity contribution is 6.17. The molecule has 0 atom stereocenters. The fourth-order valence-electron chi connectivity index (χ4n) is 3.10. The number of amides is 2. The summed E-state index contributed by atoms with van der Waals surface area (Å²) in [5, 5.41) is 5.84. The molecule has 1 aliphatic rings. The van der Waals surface area contributed by atoms with Crippen LogP contribution in [0.15, 0.2) is 48.5 Å². The third-order valence-electron chi connectivity index (χ3n) is 4.95. The maximum Gasteiger partial charge on any atom is 0.240 e. The number of rotatable bonds is 5. The Hall–Kier alpha value is -2.82. The molecule has 5 heteroatoms. The molecule has 5 nitrogen and oxygen atoms in total. The van der Waals surface area contributed by atoms with Crippen LogP contribution in [0.3, 0.4) is 0 Å². The van der Waals surface area contributed by atoms with Crippen LogP contribution in [0.1, 0.15) is 39.2 Å². The van der Waals surface area contributed by atoms with Crippen LogP contribution < -0.4 is 15.4 Å². The second kappa shape index (κ2) is 7.06. The first kappa shape index (κ1) is 19.0. The largest absolute Gasteiger partial charge is 0.497 e. The molecule has 0 saturated heterocycles. The van der Waals surface area contributed by atoms with E-state index in [2.05, 4.69) is 31.4 Å². The van der Waals surface area contributed by atoms with Gasteiger partial charge in [-0.1, -0.05) is 39.0 Å². The van der Waals surface area contributed by atoms with E-state index in [1.807, 2.05) is 24.3 Å². The lowest BCUT2D eigenvalue weighted by molar-refractivity contribution is -0.131. The Labute approximate surface area is 160 Å². The van der Waals surface area contributed by atoms with Crippen LogP contribution >= 0.6 is 0 Å². The number of para-hydroxylation sites is 1. The van der Waals surface area contributed by atoms with Crippen molar-refractivity contribution in [1.29, 1.82) is 0 Å². The van der Waals surface area contributed by atoms with Crippen LogP contribution in [0.2, 0.25) is 0 Å². The summed E-state index contributed by atoms with van der Waals surface area (Å²) in [5.41, 5.74) is 1.36. The molecule has 1 aliphatic carbocycles. The van der Waals surface area contributed by atoms with Gasteiger partial charge in [-0.25, -0.2) is 0 Å². The Bertz CT molecular complexity index is 847. The number of carbonyl (C=O) groups excluding carboxylic acids is 2. The van der Waals surface area contributed by atoms with Gasteiger partial charge in [0, 0.05) is 11.4 Å². The molecule has 0 bridgehead atoms. The van der Waals surface area contributed by atoms with E-state index in [9.17, 15) is 9.59 Å². The molecule has 1 fully saturated rings. The van der Waals surface area contributed by atoms with E-state index in [4.69, 9.17) is 4.74 Å². The van der Waals surface area contributed by atoms with Crippen LogP contribution in [-0.2, 0) is 15.0 Å².